The van der Waals surface area contributed by atoms with Crippen molar-refractivity contribution in [1.29, 1.82) is 5.26 Å². The highest BCUT2D eigenvalue weighted by Gasteiger charge is 2.11. The maximum absolute atomic E-state index is 12.4. The van der Waals surface area contributed by atoms with Gasteiger partial charge < -0.3 is 10.6 Å². The van der Waals surface area contributed by atoms with E-state index >= 15 is 0 Å². The van der Waals surface area contributed by atoms with E-state index in [1.54, 1.807) is 24.3 Å². The number of nitrogens with one attached hydrogen (secondary N) is 2. The van der Waals surface area contributed by atoms with Crippen molar-refractivity contribution < 1.29 is 4.79 Å². The number of aryl methyl sites for hydroxylation is 1. The molecule has 0 unspecified atom stereocenters. The second-order valence-electron chi connectivity index (χ2n) is 5.37. The van der Waals surface area contributed by atoms with Gasteiger partial charge in [-0.1, -0.05) is 24.3 Å². The molecule has 1 amide bonds. The first-order valence-electron chi connectivity index (χ1n) is 7.63. The first-order chi connectivity index (χ1) is 12.2. The Labute approximate surface area is 145 Å². The summed E-state index contributed by atoms with van der Waals surface area (Å²) in [6, 6.07) is 18.1. The fourth-order valence-electron chi connectivity index (χ4n) is 2.27. The van der Waals surface area contributed by atoms with Gasteiger partial charge in [0.15, 0.2) is 0 Å². The summed E-state index contributed by atoms with van der Waals surface area (Å²) >= 11 is 0. The summed E-state index contributed by atoms with van der Waals surface area (Å²) in [5, 5.41) is 14.9. The van der Waals surface area contributed by atoms with Gasteiger partial charge in [-0.15, -0.1) is 0 Å². The number of amides is 1. The van der Waals surface area contributed by atoms with Gasteiger partial charge in [0.05, 0.1) is 11.3 Å². The minimum absolute atomic E-state index is 0.206. The monoisotopic (exact) mass is 329 g/mol. The molecule has 0 saturated carbocycles. The molecule has 1 aromatic heterocycles. The van der Waals surface area contributed by atoms with Gasteiger partial charge in [0.25, 0.3) is 5.91 Å². The Balaban J connectivity index is 1.79. The van der Waals surface area contributed by atoms with Crippen molar-refractivity contribution in [2.45, 2.75) is 6.92 Å². The van der Waals surface area contributed by atoms with Crippen LogP contribution in [0.5, 0.6) is 0 Å². The smallest absolute Gasteiger partial charge is 0.274 e. The quantitative estimate of drug-likeness (QED) is 0.762. The molecule has 0 aliphatic heterocycles. The second-order valence-corrected chi connectivity index (χ2v) is 5.37. The minimum atomic E-state index is -0.405. The molecule has 0 fully saturated rings. The van der Waals surface area contributed by atoms with Gasteiger partial charge in [-0.25, -0.2) is 9.97 Å². The van der Waals surface area contributed by atoms with E-state index in [1.807, 2.05) is 37.3 Å². The number of para-hydroxylation sites is 1. The lowest BCUT2D eigenvalue weighted by molar-refractivity contribution is 0.102. The third-order valence-electron chi connectivity index (χ3n) is 3.46. The van der Waals surface area contributed by atoms with E-state index in [1.165, 1.54) is 12.3 Å². The number of nitriles is 1. The molecule has 0 saturated heterocycles. The van der Waals surface area contributed by atoms with Gasteiger partial charge in [-0.05, 0) is 42.8 Å². The molecule has 2 aromatic carbocycles. The number of carbonyl (C=O) groups excluding carboxylic acids is 1. The van der Waals surface area contributed by atoms with Crippen LogP contribution in [0.15, 0.2) is 60.8 Å². The molecular weight excluding hydrogens is 314 g/mol. The van der Waals surface area contributed by atoms with Crippen molar-refractivity contribution in [2.24, 2.45) is 0 Å². The summed E-state index contributed by atoms with van der Waals surface area (Å²) in [5.74, 6) is -0.0794. The fraction of sp³-hybridized carbons (Fsp3) is 0.0526. The van der Waals surface area contributed by atoms with Crippen molar-refractivity contribution in [3.63, 3.8) is 0 Å². The Hall–Kier alpha value is -3.72. The Morgan fingerprint density at radius 2 is 1.96 bits per heavy atom. The fourth-order valence-corrected chi connectivity index (χ4v) is 2.27. The number of aromatic nitrogens is 2. The van der Waals surface area contributed by atoms with Crippen LogP contribution in [0.3, 0.4) is 0 Å². The van der Waals surface area contributed by atoms with Crippen LogP contribution in [0, 0.1) is 18.3 Å². The number of rotatable bonds is 4. The molecule has 0 aliphatic carbocycles. The SMILES string of the molecule is Cc1cccc(Nc2nccc(C(=O)Nc3ccccc3C#N)n2)c1. The lowest BCUT2D eigenvalue weighted by Gasteiger charge is -2.08. The molecule has 122 valence electrons. The minimum Gasteiger partial charge on any atom is -0.324 e. The summed E-state index contributed by atoms with van der Waals surface area (Å²) in [7, 11) is 0. The van der Waals surface area contributed by atoms with E-state index in [0.717, 1.165) is 11.3 Å². The van der Waals surface area contributed by atoms with Crippen molar-refractivity contribution in [2.75, 3.05) is 10.6 Å². The van der Waals surface area contributed by atoms with E-state index in [2.05, 4.69) is 20.6 Å². The van der Waals surface area contributed by atoms with Crippen LogP contribution < -0.4 is 10.6 Å². The molecule has 6 heteroatoms. The van der Waals surface area contributed by atoms with Gasteiger partial charge in [-0.3, -0.25) is 4.79 Å². The molecule has 3 rings (SSSR count). The van der Waals surface area contributed by atoms with Crippen molar-refractivity contribution in [3.8, 4) is 6.07 Å². The number of hydrogen-bond acceptors (Lipinski definition) is 5. The van der Waals surface area contributed by atoms with Crippen LogP contribution in [0.25, 0.3) is 0 Å². The maximum Gasteiger partial charge on any atom is 0.274 e. The van der Waals surface area contributed by atoms with Crippen molar-refractivity contribution in [1.82, 2.24) is 9.97 Å². The third kappa shape index (κ3) is 3.98. The lowest BCUT2D eigenvalue weighted by Crippen LogP contribution is -2.15. The molecule has 0 radical (unpaired) electrons. The van der Waals surface area contributed by atoms with Gasteiger partial charge >= 0.3 is 0 Å². The maximum atomic E-state index is 12.4. The van der Waals surface area contributed by atoms with E-state index in [0.29, 0.717) is 17.2 Å². The van der Waals surface area contributed by atoms with Crippen molar-refractivity contribution in [3.05, 3.63) is 77.6 Å². The molecule has 25 heavy (non-hydrogen) atoms. The zero-order chi connectivity index (χ0) is 17.6. The van der Waals surface area contributed by atoms with E-state index in [4.69, 9.17) is 5.26 Å². The Morgan fingerprint density at radius 3 is 2.76 bits per heavy atom. The zero-order valence-corrected chi connectivity index (χ0v) is 13.5. The van der Waals surface area contributed by atoms with Gasteiger partial charge in [0.2, 0.25) is 5.95 Å². The molecule has 1 heterocycles. The molecule has 0 atom stereocenters. The van der Waals surface area contributed by atoms with Gasteiger partial charge in [0.1, 0.15) is 11.8 Å². The number of hydrogen-bond donors (Lipinski definition) is 2. The van der Waals surface area contributed by atoms with Crippen LogP contribution in [0.4, 0.5) is 17.3 Å². The van der Waals surface area contributed by atoms with E-state index in [9.17, 15) is 4.79 Å². The highest BCUT2D eigenvalue weighted by molar-refractivity contribution is 6.03. The summed E-state index contributed by atoms with van der Waals surface area (Å²) in [4.78, 5) is 20.8. The van der Waals surface area contributed by atoms with Crippen LogP contribution in [-0.4, -0.2) is 15.9 Å². The lowest BCUT2D eigenvalue weighted by atomic mass is 10.2. The topological polar surface area (TPSA) is 90.7 Å². The van der Waals surface area contributed by atoms with E-state index in [-0.39, 0.29) is 5.69 Å². The summed E-state index contributed by atoms with van der Waals surface area (Å²) < 4.78 is 0. The van der Waals surface area contributed by atoms with Crippen LogP contribution in [0.2, 0.25) is 0 Å². The Bertz CT molecular complexity index is 962. The third-order valence-corrected chi connectivity index (χ3v) is 3.46. The number of carbonyl (C=O) groups is 1. The Morgan fingerprint density at radius 1 is 1.12 bits per heavy atom. The standard InChI is InChI=1S/C19H15N5O/c1-13-5-4-7-15(11-13)22-19-21-10-9-17(24-19)18(25)23-16-8-3-2-6-14(16)12-20/h2-11H,1H3,(H,23,25)(H,21,22,24). The number of benzene rings is 2. The molecule has 3 aromatic rings. The van der Waals surface area contributed by atoms with Crippen LogP contribution in [-0.2, 0) is 0 Å². The molecule has 0 aliphatic rings. The predicted octanol–water partition coefficient (Wildman–Crippen LogP) is 3.65. The predicted molar refractivity (Wildman–Crippen MR) is 95.6 cm³/mol. The molecule has 0 bridgehead atoms. The first kappa shape index (κ1) is 16.1. The summed E-state index contributed by atoms with van der Waals surface area (Å²) in [5.41, 5.74) is 2.99. The van der Waals surface area contributed by atoms with Crippen molar-refractivity contribution >= 4 is 23.2 Å². The Kier molecular flexibility index (Phi) is 4.67. The molecule has 0 spiro atoms. The summed E-state index contributed by atoms with van der Waals surface area (Å²) in [6.45, 7) is 1.99. The normalized spacial score (nSPS) is 9.92. The largest absolute Gasteiger partial charge is 0.324 e. The highest BCUT2D eigenvalue weighted by atomic mass is 16.1. The molecule has 6 nitrogen and oxygen atoms in total. The van der Waals surface area contributed by atoms with Gasteiger partial charge in [0, 0.05) is 11.9 Å². The van der Waals surface area contributed by atoms with Crippen LogP contribution in [0.1, 0.15) is 21.6 Å². The molecular formula is C19H15N5O. The number of nitrogens with zero attached hydrogens (tertiary/aromatic N) is 3. The average Bonchev–Trinajstić information content (AvgIpc) is 2.62. The van der Waals surface area contributed by atoms with E-state index < -0.39 is 5.91 Å². The van der Waals surface area contributed by atoms with Gasteiger partial charge in [-0.2, -0.15) is 5.26 Å². The average molecular weight is 329 g/mol. The van der Waals surface area contributed by atoms with Crippen LogP contribution >= 0.6 is 0 Å². The molecule has 2 N–H and O–H groups in total. The highest BCUT2D eigenvalue weighted by Crippen LogP contribution is 2.16. The first-order valence-corrected chi connectivity index (χ1v) is 7.63. The zero-order valence-electron chi connectivity index (χ0n) is 13.5. The number of anilines is 3. The second kappa shape index (κ2) is 7.23. The summed E-state index contributed by atoms with van der Waals surface area (Å²) in [6.07, 6.45) is 1.51.